The molecule has 0 atom stereocenters. The van der Waals surface area contributed by atoms with Crippen molar-refractivity contribution in [2.24, 2.45) is 0 Å². The highest BCUT2D eigenvalue weighted by Gasteiger charge is 2.42. The zero-order chi connectivity index (χ0) is 44.5. The number of aryl methyl sites for hydroxylation is 2. The molecule has 8 aromatic rings. The molecule has 0 unspecified atom stereocenters. The van der Waals surface area contributed by atoms with E-state index in [2.05, 4.69) is 207 Å². The van der Waals surface area contributed by atoms with Crippen LogP contribution in [0.15, 0.2) is 132 Å². The molecular formula is C60H61BN2O. The lowest BCUT2D eigenvalue weighted by Gasteiger charge is -2.43. The van der Waals surface area contributed by atoms with Gasteiger partial charge in [0.05, 0.1) is 11.3 Å². The maximum atomic E-state index is 7.26. The maximum absolute atomic E-state index is 7.26. The van der Waals surface area contributed by atoms with Crippen LogP contribution in [-0.4, -0.2) is 7.28 Å². The Kier molecular flexibility index (Phi) is 9.08. The van der Waals surface area contributed by atoms with E-state index >= 15 is 0 Å². The lowest BCUT2D eigenvalue weighted by atomic mass is 9.60. The van der Waals surface area contributed by atoms with Crippen LogP contribution >= 0.6 is 0 Å². The first-order valence-corrected chi connectivity index (χ1v) is 23.6. The molecule has 7 aromatic carbocycles. The summed E-state index contributed by atoms with van der Waals surface area (Å²) in [6, 6.07) is 47.9. The van der Waals surface area contributed by atoms with E-state index in [4.69, 9.17) is 4.42 Å². The molecule has 3 nitrogen and oxygen atoms in total. The summed E-state index contributed by atoms with van der Waals surface area (Å²) in [6.07, 6.45) is 4.69. The number of fused-ring (bicyclic) bond motifs is 7. The second kappa shape index (κ2) is 14.3. The van der Waals surface area contributed by atoms with Crippen molar-refractivity contribution >= 4 is 68.6 Å². The van der Waals surface area contributed by atoms with Gasteiger partial charge in [-0.2, -0.15) is 0 Å². The number of hydrogen-bond donors (Lipinski definition) is 1. The average molecular weight is 837 g/mol. The number of nitrogens with one attached hydrogen (secondary N) is 1. The monoisotopic (exact) mass is 836 g/mol. The summed E-state index contributed by atoms with van der Waals surface area (Å²) in [7, 11) is 0.698. The largest absolute Gasteiger partial charge is 0.469 e. The standard InChI is InChI=1S/C60H61BN2O/c1-36-28-44(43-31-40-18-14-15-19-41(40)32-50(43)62-42-22-20-39(21-23-42)38-16-12-11-13-17-38)54-52(29-36)63(51-34-48-46(30-37(51)2)57(3,4)24-26-59(48,7)8)55-45-33-47-49(35-53(45)64-56(55)61-54)60(9,10)27-25-58(47,5)6/h11-23,28-35,61-62H,24-27H2,1-10H3. The molecule has 11 rings (SSSR count). The van der Waals surface area contributed by atoms with Crippen LogP contribution in [0.25, 0.3) is 44.0 Å². The first-order chi connectivity index (χ1) is 30.5. The summed E-state index contributed by atoms with van der Waals surface area (Å²) in [5, 5.41) is 7.57. The molecule has 1 aromatic heterocycles. The van der Waals surface area contributed by atoms with E-state index in [-0.39, 0.29) is 21.7 Å². The van der Waals surface area contributed by atoms with E-state index < -0.39 is 0 Å². The van der Waals surface area contributed by atoms with E-state index in [1.54, 1.807) is 0 Å². The molecular weight excluding hydrogens is 775 g/mol. The Hall–Kier alpha value is -6.00. The maximum Gasteiger partial charge on any atom is 0.244 e. The van der Waals surface area contributed by atoms with Crippen molar-refractivity contribution in [3.8, 4) is 22.3 Å². The summed E-state index contributed by atoms with van der Waals surface area (Å²) in [5.74, 6) is 0. The molecule has 0 radical (unpaired) electrons. The third-order valence-electron chi connectivity index (χ3n) is 15.7. The molecule has 0 bridgehead atoms. The number of rotatable bonds is 5. The minimum atomic E-state index is 0.0601. The van der Waals surface area contributed by atoms with Crippen LogP contribution in [0.5, 0.6) is 0 Å². The lowest BCUT2D eigenvalue weighted by Crippen LogP contribution is -2.40. The van der Waals surface area contributed by atoms with Crippen molar-refractivity contribution in [2.45, 2.75) is 117 Å². The highest BCUT2D eigenvalue weighted by molar-refractivity contribution is 6.72. The van der Waals surface area contributed by atoms with Gasteiger partial charge in [-0.1, -0.05) is 134 Å². The topological polar surface area (TPSA) is 28.4 Å². The van der Waals surface area contributed by atoms with E-state index in [0.717, 1.165) is 22.6 Å². The molecule has 0 spiro atoms. The van der Waals surface area contributed by atoms with E-state index in [1.807, 2.05) is 0 Å². The predicted molar refractivity (Wildman–Crippen MR) is 275 cm³/mol. The first-order valence-electron chi connectivity index (χ1n) is 23.6. The number of hydrogen-bond acceptors (Lipinski definition) is 3. The van der Waals surface area contributed by atoms with Crippen LogP contribution in [0.3, 0.4) is 0 Å². The Morgan fingerprint density at radius 3 is 1.75 bits per heavy atom. The molecule has 64 heavy (non-hydrogen) atoms. The van der Waals surface area contributed by atoms with Crippen molar-refractivity contribution in [2.75, 3.05) is 10.2 Å². The molecule has 0 saturated carbocycles. The zero-order valence-electron chi connectivity index (χ0n) is 39.5. The Morgan fingerprint density at radius 1 is 0.531 bits per heavy atom. The Labute approximate surface area is 381 Å². The fourth-order valence-corrected chi connectivity index (χ4v) is 11.6. The highest BCUT2D eigenvalue weighted by Crippen LogP contribution is 2.53. The minimum Gasteiger partial charge on any atom is -0.469 e. The van der Waals surface area contributed by atoms with Crippen LogP contribution in [0.4, 0.5) is 28.4 Å². The second-order valence-electron chi connectivity index (χ2n) is 22.1. The molecule has 0 fully saturated rings. The van der Waals surface area contributed by atoms with Gasteiger partial charge in [-0.05, 0) is 176 Å². The van der Waals surface area contributed by atoms with E-state index in [1.165, 1.54) is 120 Å². The molecule has 4 heteroatoms. The Bertz CT molecular complexity index is 3180. The van der Waals surface area contributed by atoms with Gasteiger partial charge in [0, 0.05) is 33.7 Å². The summed E-state index contributed by atoms with van der Waals surface area (Å²) in [6.45, 7) is 24.1. The summed E-state index contributed by atoms with van der Waals surface area (Å²) < 4.78 is 7.26. The number of furan rings is 1. The van der Waals surface area contributed by atoms with Gasteiger partial charge in [-0.15, -0.1) is 0 Å². The lowest BCUT2D eigenvalue weighted by molar-refractivity contribution is 0.332. The number of benzene rings is 7. The van der Waals surface area contributed by atoms with E-state index in [0.29, 0.717) is 7.28 Å². The van der Waals surface area contributed by atoms with Crippen molar-refractivity contribution in [1.29, 1.82) is 0 Å². The van der Waals surface area contributed by atoms with Crippen molar-refractivity contribution in [3.63, 3.8) is 0 Å². The quantitative estimate of drug-likeness (QED) is 0.175. The first kappa shape index (κ1) is 40.8. The van der Waals surface area contributed by atoms with Gasteiger partial charge >= 0.3 is 0 Å². The van der Waals surface area contributed by atoms with Gasteiger partial charge in [0.1, 0.15) is 5.58 Å². The molecule has 2 heterocycles. The fourth-order valence-electron chi connectivity index (χ4n) is 11.6. The summed E-state index contributed by atoms with van der Waals surface area (Å²) in [5.41, 5.74) is 22.7. The number of nitrogens with zero attached hydrogens (tertiary/aromatic N) is 1. The van der Waals surface area contributed by atoms with Crippen LogP contribution in [0.1, 0.15) is 114 Å². The van der Waals surface area contributed by atoms with E-state index in [9.17, 15) is 0 Å². The van der Waals surface area contributed by atoms with Crippen LogP contribution in [-0.2, 0) is 21.7 Å². The van der Waals surface area contributed by atoms with Crippen molar-refractivity contribution in [1.82, 2.24) is 0 Å². The van der Waals surface area contributed by atoms with Crippen molar-refractivity contribution < 1.29 is 4.42 Å². The summed E-state index contributed by atoms with van der Waals surface area (Å²) in [4.78, 5) is 2.62. The second-order valence-corrected chi connectivity index (χ2v) is 22.1. The molecule has 2 aliphatic carbocycles. The van der Waals surface area contributed by atoms with Crippen LogP contribution in [0, 0.1) is 13.8 Å². The summed E-state index contributed by atoms with van der Waals surface area (Å²) >= 11 is 0. The van der Waals surface area contributed by atoms with Gasteiger partial charge in [-0.3, -0.25) is 0 Å². The van der Waals surface area contributed by atoms with Crippen LogP contribution < -0.4 is 21.3 Å². The SMILES string of the molecule is Cc1cc(-c2cc3ccccc3cc2Nc2ccc(-c3ccccc3)cc2)c2c(c1)N(c1cc3c(cc1C)C(C)(C)CCC3(C)C)c1c(oc3cc4c(cc13)C(C)(C)CCC4(C)C)B2. The third-order valence-corrected chi connectivity index (χ3v) is 15.7. The normalized spacial score (nSPS) is 17.6. The predicted octanol–water partition coefficient (Wildman–Crippen LogP) is 15.1. The van der Waals surface area contributed by atoms with Crippen molar-refractivity contribution in [3.05, 3.63) is 161 Å². The molecule has 320 valence electrons. The van der Waals surface area contributed by atoms with Gasteiger partial charge in [0.25, 0.3) is 0 Å². The Balaban J connectivity index is 1.15. The van der Waals surface area contributed by atoms with Crippen LogP contribution in [0.2, 0.25) is 0 Å². The minimum absolute atomic E-state index is 0.0601. The molecule has 0 saturated heterocycles. The smallest absolute Gasteiger partial charge is 0.244 e. The molecule has 3 aliphatic rings. The number of anilines is 5. The zero-order valence-corrected chi connectivity index (χ0v) is 39.5. The van der Waals surface area contributed by atoms with Gasteiger partial charge < -0.3 is 14.6 Å². The third kappa shape index (κ3) is 6.54. The molecule has 0 amide bonds. The molecule has 1 N–H and O–H groups in total. The average Bonchev–Trinajstić information content (AvgIpc) is 3.63. The van der Waals surface area contributed by atoms with Gasteiger partial charge in [0.15, 0.2) is 0 Å². The fraction of sp³-hybridized carbons (Fsp3) is 0.300. The Morgan fingerprint density at radius 2 is 1.09 bits per heavy atom. The van der Waals surface area contributed by atoms with Gasteiger partial charge in [-0.25, -0.2) is 0 Å². The highest BCUT2D eigenvalue weighted by atomic mass is 16.3. The van der Waals surface area contributed by atoms with Gasteiger partial charge in [0.2, 0.25) is 7.28 Å². The molecule has 1 aliphatic heterocycles.